The van der Waals surface area contributed by atoms with Crippen LogP contribution in [0.1, 0.15) is 22.0 Å². The molecule has 0 aliphatic carbocycles. The molecule has 3 nitrogen and oxygen atoms in total. The molecule has 0 amide bonds. The molecule has 3 N–H and O–H groups in total. The maximum absolute atomic E-state index is 9.62. The van der Waals surface area contributed by atoms with Crippen LogP contribution in [0.3, 0.4) is 0 Å². The van der Waals surface area contributed by atoms with E-state index in [1.54, 1.807) is 23.5 Å². The lowest BCUT2D eigenvalue weighted by molar-refractivity contribution is 0.400. The Morgan fingerprint density at radius 2 is 2.06 bits per heavy atom. The van der Waals surface area contributed by atoms with E-state index in [9.17, 15) is 10.2 Å². The molecule has 0 spiro atoms. The van der Waals surface area contributed by atoms with Gasteiger partial charge in [0.05, 0.1) is 6.04 Å². The van der Waals surface area contributed by atoms with Gasteiger partial charge in [-0.25, -0.2) is 0 Å². The van der Waals surface area contributed by atoms with Crippen LogP contribution < -0.4 is 5.32 Å². The van der Waals surface area contributed by atoms with Gasteiger partial charge in [0.1, 0.15) is 0 Å². The van der Waals surface area contributed by atoms with Crippen molar-refractivity contribution in [2.24, 2.45) is 0 Å². The summed E-state index contributed by atoms with van der Waals surface area (Å²) in [6.45, 7) is 0.889. The average molecular weight is 247 g/mol. The van der Waals surface area contributed by atoms with Crippen molar-refractivity contribution in [2.75, 3.05) is 6.54 Å². The molecule has 3 rings (SSSR count). The minimum atomic E-state index is -0.0472. The Labute approximate surface area is 103 Å². The third kappa shape index (κ3) is 1.79. The van der Waals surface area contributed by atoms with Gasteiger partial charge >= 0.3 is 0 Å². The quantitative estimate of drug-likeness (QED) is 0.678. The van der Waals surface area contributed by atoms with E-state index in [0.717, 1.165) is 24.1 Å². The normalized spacial score (nSPS) is 18.9. The first kappa shape index (κ1) is 10.6. The molecule has 2 heterocycles. The Balaban J connectivity index is 2.10. The van der Waals surface area contributed by atoms with Crippen LogP contribution in [0.15, 0.2) is 29.6 Å². The lowest BCUT2D eigenvalue weighted by atomic mass is 9.93. The fraction of sp³-hybridized carbons (Fsp3) is 0.231. The number of benzene rings is 1. The van der Waals surface area contributed by atoms with Gasteiger partial charge in [0.2, 0.25) is 0 Å². The largest absolute Gasteiger partial charge is 0.504 e. The maximum atomic E-state index is 9.62. The van der Waals surface area contributed by atoms with E-state index in [1.165, 1.54) is 4.88 Å². The third-order valence-corrected chi connectivity index (χ3v) is 4.06. The zero-order valence-corrected chi connectivity index (χ0v) is 10.00. The molecule has 1 atom stereocenters. The second kappa shape index (κ2) is 4.05. The van der Waals surface area contributed by atoms with Crippen molar-refractivity contribution < 1.29 is 10.2 Å². The summed E-state index contributed by atoms with van der Waals surface area (Å²) in [7, 11) is 0. The van der Waals surface area contributed by atoms with Crippen molar-refractivity contribution in [3.05, 3.63) is 45.6 Å². The molecule has 17 heavy (non-hydrogen) atoms. The summed E-state index contributed by atoms with van der Waals surface area (Å²) in [6.07, 6.45) is 0.880. The number of aromatic hydroxyl groups is 2. The summed E-state index contributed by atoms with van der Waals surface area (Å²) in [4.78, 5) is 1.23. The van der Waals surface area contributed by atoms with Gasteiger partial charge in [-0.2, -0.15) is 0 Å². The Morgan fingerprint density at radius 3 is 2.82 bits per heavy atom. The van der Waals surface area contributed by atoms with Gasteiger partial charge in [-0.15, -0.1) is 11.3 Å². The van der Waals surface area contributed by atoms with Crippen molar-refractivity contribution in [2.45, 2.75) is 12.5 Å². The molecule has 0 saturated carbocycles. The second-order valence-electron chi connectivity index (χ2n) is 4.19. The van der Waals surface area contributed by atoms with Gasteiger partial charge in [-0.3, -0.25) is 0 Å². The first-order chi connectivity index (χ1) is 8.25. The SMILES string of the molecule is Oc1cc2c(cc1O)[C@H](c1cccs1)NCC2. The van der Waals surface area contributed by atoms with Crippen LogP contribution in [0.25, 0.3) is 0 Å². The zero-order chi connectivity index (χ0) is 11.8. The van der Waals surface area contributed by atoms with Crippen molar-refractivity contribution in [1.29, 1.82) is 0 Å². The minimum Gasteiger partial charge on any atom is -0.504 e. The molecule has 0 unspecified atom stereocenters. The van der Waals surface area contributed by atoms with Crippen LogP contribution >= 0.6 is 11.3 Å². The van der Waals surface area contributed by atoms with Crippen molar-refractivity contribution in [1.82, 2.24) is 5.32 Å². The first-order valence-electron chi connectivity index (χ1n) is 5.57. The summed E-state index contributed by atoms with van der Waals surface area (Å²) in [5, 5.41) is 24.6. The second-order valence-corrected chi connectivity index (χ2v) is 5.17. The van der Waals surface area contributed by atoms with Gasteiger partial charge < -0.3 is 15.5 Å². The van der Waals surface area contributed by atoms with Crippen LogP contribution in [-0.4, -0.2) is 16.8 Å². The van der Waals surface area contributed by atoms with Crippen molar-refractivity contribution in [3.8, 4) is 11.5 Å². The lowest BCUT2D eigenvalue weighted by Gasteiger charge is -2.26. The number of hydrogen-bond acceptors (Lipinski definition) is 4. The lowest BCUT2D eigenvalue weighted by Crippen LogP contribution is -2.29. The number of thiophene rings is 1. The monoisotopic (exact) mass is 247 g/mol. The van der Waals surface area contributed by atoms with Crippen LogP contribution in [-0.2, 0) is 6.42 Å². The average Bonchev–Trinajstić information content (AvgIpc) is 2.83. The molecule has 0 bridgehead atoms. The fourth-order valence-corrected chi connectivity index (χ4v) is 3.11. The fourth-order valence-electron chi connectivity index (χ4n) is 2.29. The molecule has 1 aromatic carbocycles. The molecule has 0 fully saturated rings. The Kier molecular flexibility index (Phi) is 2.53. The zero-order valence-electron chi connectivity index (χ0n) is 9.18. The van der Waals surface area contributed by atoms with E-state index >= 15 is 0 Å². The highest BCUT2D eigenvalue weighted by Crippen LogP contribution is 2.37. The number of nitrogens with one attached hydrogen (secondary N) is 1. The molecule has 2 aromatic rings. The highest BCUT2D eigenvalue weighted by molar-refractivity contribution is 7.10. The summed E-state index contributed by atoms with van der Waals surface area (Å²) in [5.41, 5.74) is 2.17. The van der Waals surface area contributed by atoms with E-state index in [0.29, 0.717) is 0 Å². The van der Waals surface area contributed by atoms with Crippen molar-refractivity contribution >= 4 is 11.3 Å². The molecular weight excluding hydrogens is 234 g/mol. The minimum absolute atomic E-state index is 0.0319. The van der Waals surface area contributed by atoms with E-state index in [-0.39, 0.29) is 17.5 Å². The summed E-state index contributed by atoms with van der Waals surface area (Å²) in [6, 6.07) is 7.58. The standard InChI is InChI=1S/C13H13NO2S/c15-10-6-8-3-4-14-13(9(8)7-11(10)16)12-2-1-5-17-12/h1-2,5-7,13-16H,3-4H2/t13-/m1/s1. The molecule has 0 saturated heterocycles. The van der Waals surface area contributed by atoms with Gasteiger partial charge in [-0.1, -0.05) is 6.07 Å². The van der Waals surface area contributed by atoms with Gasteiger partial charge in [-0.05, 0) is 41.1 Å². The predicted octanol–water partition coefficient (Wildman–Crippen LogP) is 2.39. The van der Waals surface area contributed by atoms with E-state index < -0.39 is 0 Å². The Hall–Kier alpha value is -1.52. The van der Waals surface area contributed by atoms with Crippen LogP contribution in [0.4, 0.5) is 0 Å². The van der Waals surface area contributed by atoms with Gasteiger partial charge in [0, 0.05) is 11.4 Å². The maximum Gasteiger partial charge on any atom is 0.157 e. The van der Waals surface area contributed by atoms with Crippen LogP contribution in [0.2, 0.25) is 0 Å². The smallest absolute Gasteiger partial charge is 0.157 e. The summed E-state index contributed by atoms with van der Waals surface area (Å²) >= 11 is 1.70. The summed E-state index contributed by atoms with van der Waals surface area (Å²) in [5.74, 6) is -0.0791. The number of fused-ring (bicyclic) bond motifs is 1. The number of rotatable bonds is 1. The highest BCUT2D eigenvalue weighted by atomic mass is 32.1. The molecular formula is C13H13NO2S. The van der Waals surface area contributed by atoms with Gasteiger partial charge in [0.25, 0.3) is 0 Å². The van der Waals surface area contributed by atoms with E-state index in [2.05, 4.69) is 11.4 Å². The Bertz CT molecular complexity index is 537. The molecule has 1 aliphatic rings. The van der Waals surface area contributed by atoms with E-state index in [1.807, 2.05) is 11.4 Å². The number of phenols is 2. The Morgan fingerprint density at radius 1 is 1.24 bits per heavy atom. The highest BCUT2D eigenvalue weighted by Gasteiger charge is 2.23. The van der Waals surface area contributed by atoms with Crippen molar-refractivity contribution in [3.63, 3.8) is 0 Å². The molecule has 4 heteroatoms. The van der Waals surface area contributed by atoms with Crippen LogP contribution in [0.5, 0.6) is 11.5 Å². The molecule has 88 valence electrons. The van der Waals surface area contributed by atoms with Gasteiger partial charge in [0.15, 0.2) is 11.5 Å². The molecule has 1 aromatic heterocycles. The van der Waals surface area contributed by atoms with E-state index in [4.69, 9.17) is 0 Å². The summed E-state index contributed by atoms with van der Waals surface area (Å²) < 4.78 is 0. The van der Waals surface area contributed by atoms with Crippen LogP contribution in [0, 0.1) is 0 Å². The topological polar surface area (TPSA) is 52.5 Å². The first-order valence-corrected chi connectivity index (χ1v) is 6.45. The number of hydrogen-bond donors (Lipinski definition) is 3. The third-order valence-electron chi connectivity index (χ3n) is 3.12. The molecule has 0 radical (unpaired) electrons. The predicted molar refractivity (Wildman–Crippen MR) is 67.6 cm³/mol. The number of phenolic OH excluding ortho intramolecular Hbond substituents is 2. The molecule has 1 aliphatic heterocycles.